The normalized spacial score (nSPS) is 36.6. The predicted octanol–water partition coefficient (Wildman–Crippen LogP) is 4.07. The Hall–Kier alpha value is -0.323. The first-order valence-electron chi connectivity index (χ1n) is 8.01. The van der Waals surface area contributed by atoms with Crippen molar-refractivity contribution in [2.24, 2.45) is 11.3 Å². The van der Waals surface area contributed by atoms with Gasteiger partial charge in [0.1, 0.15) is 0 Å². The highest BCUT2D eigenvalue weighted by molar-refractivity contribution is 6.70. The Bertz CT molecular complexity index is 406. The van der Waals surface area contributed by atoms with Gasteiger partial charge in [-0.3, -0.25) is 0 Å². The summed E-state index contributed by atoms with van der Waals surface area (Å²) in [5, 5.41) is 0. The van der Waals surface area contributed by atoms with Crippen molar-refractivity contribution in [3.8, 4) is 0 Å². The lowest BCUT2D eigenvalue weighted by Gasteiger charge is -2.51. The number of allylic oxidation sites excluding steroid dienone is 2. The quantitative estimate of drug-likeness (QED) is 0.719. The lowest BCUT2D eigenvalue weighted by Crippen LogP contribution is -2.48. The fraction of sp³-hybridized carbons (Fsp3) is 0.875. The lowest BCUT2D eigenvalue weighted by molar-refractivity contribution is -0.206. The first kappa shape index (κ1) is 14.6. The molecule has 1 heterocycles. The Morgan fingerprint density at radius 1 is 1.20 bits per heavy atom. The molecule has 3 aliphatic rings. The van der Waals surface area contributed by atoms with Crippen molar-refractivity contribution in [2.45, 2.75) is 64.5 Å². The molecule has 2 aliphatic carbocycles. The van der Waals surface area contributed by atoms with Gasteiger partial charge in [-0.15, -0.1) is 0 Å². The number of hydrogen-bond acceptors (Lipinski definition) is 3. The number of ether oxygens (including phenoxy) is 2. The number of rotatable bonds is 2. The van der Waals surface area contributed by atoms with Crippen molar-refractivity contribution in [1.29, 1.82) is 0 Å². The first-order chi connectivity index (χ1) is 9.33. The van der Waals surface area contributed by atoms with Gasteiger partial charge in [-0.05, 0) is 50.9 Å². The van der Waals surface area contributed by atoms with Crippen LogP contribution >= 0.6 is 0 Å². The molecule has 1 saturated heterocycles. The van der Waals surface area contributed by atoms with Crippen LogP contribution in [-0.4, -0.2) is 27.3 Å². The minimum atomic E-state index is -1.54. The van der Waals surface area contributed by atoms with E-state index in [1.165, 1.54) is 12.2 Å². The smallest absolute Gasteiger partial charge is 0.241 e. The van der Waals surface area contributed by atoms with Crippen LogP contribution in [0.25, 0.3) is 0 Å². The third kappa shape index (κ3) is 2.58. The maximum Gasteiger partial charge on any atom is 0.241 e. The molecule has 1 spiro atoms. The van der Waals surface area contributed by atoms with E-state index in [1.807, 2.05) is 0 Å². The lowest BCUT2D eigenvalue weighted by atomic mass is 9.61. The highest BCUT2D eigenvalue weighted by Crippen LogP contribution is 2.55. The molecule has 1 aliphatic heterocycles. The molecule has 4 heteroatoms. The van der Waals surface area contributed by atoms with Crippen LogP contribution in [0.15, 0.2) is 11.8 Å². The van der Waals surface area contributed by atoms with Gasteiger partial charge in [0.15, 0.2) is 5.79 Å². The maximum atomic E-state index is 6.42. The summed E-state index contributed by atoms with van der Waals surface area (Å²) >= 11 is 0. The number of hydrogen-bond donors (Lipinski definition) is 0. The van der Waals surface area contributed by atoms with Crippen LogP contribution in [0.4, 0.5) is 0 Å². The van der Waals surface area contributed by atoms with Crippen LogP contribution in [0.1, 0.15) is 39.0 Å². The summed E-state index contributed by atoms with van der Waals surface area (Å²) in [6.45, 7) is 10.7. The average Bonchev–Trinajstić information content (AvgIpc) is 2.79. The summed E-state index contributed by atoms with van der Waals surface area (Å²) in [6.07, 6.45) is 7.89. The highest BCUT2D eigenvalue weighted by atomic mass is 28.4. The van der Waals surface area contributed by atoms with Gasteiger partial charge < -0.3 is 13.9 Å². The molecule has 2 fully saturated rings. The predicted molar refractivity (Wildman–Crippen MR) is 81.8 cm³/mol. The first-order valence-corrected chi connectivity index (χ1v) is 11.4. The summed E-state index contributed by atoms with van der Waals surface area (Å²) in [6, 6.07) is 0. The fourth-order valence-electron chi connectivity index (χ4n) is 4.00. The van der Waals surface area contributed by atoms with E-state index in [0.29, 0.717) is 5.92 Å². The summed E-state index contributed by atoms with van der Waals surface area (Å²) < 4.78 is 18.3. The molecular weight excluding hydrogens is 268 g/mol. The summed E-state index contributed by atoms with van der Waals surface area (Å²) in [5.41, 5.74) is 0.194. The van der Waals surface area contributed by atoms with E-state index in [-0.39, 0.29) is 11.2 Å². The van der Waals surface area contributed by atoms with Gasteiger partial charge in [-0.25, -0.2) is 0 Å². The molecule has 0 aromatic carbocycles. The van der Waals surface area contributed by atoms with E-state index < -0.39 is 8.32 Å². The highest BCUT2D eigenvalue weighted by Gasteiger charge is 2.53. The Kier molecular flexibility index (Phi) is 3.54. The Balaban J connectivity index is 1.80. The molecule has 1 saturated carbocycles. The molecular formula is C16H28O3Si. The second-order valence-electron chi connectivity index (χ2n) is 7.79. The van der Waals surface area contributed by atoms with Crippen LogP contribution < -0.4 is 0 Å². The average molecular weight is 296 g/mol. The van der Waals surface area contributed by atoms with Crippen molar-refractivity contribution < 1.29 is 13.9 Å². The van der Waals surface area contributed by atoms with Gasteiger partial charge in [0.2, 0.25) is 8.32 Å². The molecule has 20 heavy (non-hydrogen) atoms. The minimum absolute atomic E-state index is 0.194. The summed E-state index contributed by atoms with van der Waals surface area (Å²) in [4.78, 5) is 0. The molecule has 3 rings (SSSR count). The standard InChI is InChI=1S/C16H28O3Si/c1-15-8-9-16(17-10-11-18-16)12-13(15)6-5-7-14(15)19-20(2,3)4/h7,13H,5-6,8-12H2,1-4H3/t13-,15+/m1/s1. The molecule has 0 N–H and O–H groups in total. The summed E-state index contributed by atoms with van der Waals surface area (Å²) in [7, 11) is -1.54. The largest absolute Gasteiger partial charge is 0.547 e. The zero-order valence-corrected chi connectivity index (χ0v) is 14.3. The minimum Gasteiger partial charge on any atom is -0.547 e. The van der Waals surface area contributed by atoms with Crippen LogP contribution in [0, 0.1) is 11.3 Å². The second-order valence-corrected chi connectivity index (χ2v) is 12.2. The fourth-order valence-corrected chi connectivity index (χ4v) is 4.97. The third-order valence-electron chi connectivity index (χ3n) is 5.12. The van der Waals surface area contributed by atoms with Crippen molar-refractivity contribution in [3.05, 3.63) is 11.8 Å². The second kappa shape index (κ2) is 4.85. The monoisotopic (exact) mass is 296 g/mol. The van der Waals surface area contributed by atoms with Crippen molar-refractivity contribution >= 4 is 8.32 Å². The van der Waals surface area contributed by atoms with Gasteiger partial charge in [-0.1, -0.05) is 6.92 Å². The van der Waals surface area contributed by atoms with Gasteiger partial charge in [0, 0.05) is 18.3 Å². The zero-order valence-electron chi connectivity index (χ0n) is 13.3. The van der Waals surface area contributed by atoms with Gasteiger partial charge in [-0.2, -0.15) is 0 Å². The molecule has 3 nitrogen and oxygen atoms in total. The van der Waals surface area contributed by atoms with Gasteiger partial charge >= 0.3 is 0 Å². The van der Waals surface area contributed by atoms with E-state index in [0.717, 1.165) is 38.9 Å². The van der Waals surface area contributed by atoms with Crippen LogP contribution in [-0.2, 0) is 13.9 Å². The Labute approximate surface area is 123 Å². The number of fused-ring (bicyclic) bond motifs is 1. The van der Waals surface area contributed by atoms with Crippen molar-refractivity contribution in [3.63, 3.8) is 0 Å². The molecule has 114 valence electrons. The molecule has 0 aromatic heterocycles. The molecule has 0 unspecified atom stereocenters. The molecule has 0 amide bonds. The molecule has 0 bridgehead atoms. The van der Waals surface area contributed by atoms with E-state index >= 15 is 0 Å². The van der Waals surface area contributed by atoms with Gasteiger partial charge in [0.25, 0.3) is 0 Å². The summed E-state index contributed by atoms with van der Waals surface area (Å²) in [5.74, 6) is 1.62. The van der Waals surface area contributed by atoms with E-state index in [4.69, 9.17) is 13.9 Å². The van der Waals surface area contributed by atoms with Gasteiger partial charge in [0.05, 0.1) is 19.0 Å². The molecule has 0 radical (unpaired) electrons. The van der Waals surface area contributed by atoms with Crippen LogP contribution in [0.3, 0.4) is 0 Å². The van der Waals surface area contributed by atoms with E-state index in [1.54, 1.807) is 0 Å². The zero-order chi connectivity index (χ0) is 14.4. The molecule has 2 atom stereocenters. The Morgan fingerprint density at radius 3 is 2.55 bits per heavy atom. The van der Waals surface area contributed by atoms with Crippen molar-refractivity contribution in [2.75, 3.05) is 13.2 Å². The maximum absolute atomic E-state index is 6.42. The SMILES string of the molecule is C[C@]12CCC3(C[C@H]1CCC=C2O[Si](C)(C)C)OCCO3. The topological polar surface area (TPSA) is 27.7 Å². The Morgan fingerprint density at radius 2 is 1.90 bits per heavy atom. The molecule has 0 aromatic rings. The van der Waals surface area contributed by atoms with E-state index in [9.17, 15) is 0 Å². The van der Waals surface area contributed by atoms with Crippen LogP contribution in [0.2, 0.25) is 19.6 Å². The van der Waals surface area contributed by atoms with Crippen molar-refractivity contribution in [1.82, 2.24) is 0 Å². The van der Waals surface area contributed by atoms with E-state index in [2.05, 4.69) is 32.6 Å². The van der Waals surface area contributed by atoms with Crippen LogP contribution in [0.5, 0.6) is 0 Å². The third-order valence-corrected chi connectivity index (χ3v) is 5.95.